The Morgan fingerprint density at radius 3 is 2.31 bits per heavy atom. The van der Waals surface area contributed by atoms with Crippen LogP contribution in [-0.2, 0) is 29.5 Å². The lowest BCUT2D eigenvalue weighted by Crippen LogP contribution is -2.44. The molecule has 5 rings (SSSR count). The van der Waals surface area contributed by atoms with Gasteiger partial charge in [0.25, 0.3) is 0 Å². The molecule has 0 saturated carbocycles. The summed E-state index contributed by atoms with van der Waals surface area (Å²) >= 11 is 0. The number of carboxylic acid groups (broad SMARTS) is 1. The van der Waals surface area contributed by atoms with Crippen LogP contribution in [0.4, 0.5) is 18.9 Å². The summed E-state index contributed by atoms with van der Waals surface area (Å²) in [5, 5.41) is 9.14. The summed E-state index contributed by atoms with van der Waals surface area (Å²) in [6.07, 6.45) is -2.71. The van der Waals surface area contributed by atoms with E-state index in [9.17, 15) is 18.0 Å². The number of nitrogens with zero attached hydrogens (tertiary/aromatic N) is 2. The Labute approximate surface area is 244 Å². The standard InChI is InChI=1S/C34H35F3N2O3/c1-3-4-27(19-32(40)41)26-9-12-29(13-10-26)42-22-25-7-5-24(6-8-25)21-39-17-15-33(16-18-39)23-38(2)31-14-11-28(20-30(31)33)34(35,36)37/h5-14,20,27H,15-19,21-23H2,1-2H3,(H,40,41). The van der Waals surface area contributed by atoms with Crippen LogP contribution in [0.25, 0.3) is 0 Å². The summed E-state index contributed by atoms with van der Waals surface area (Å²) in [7, 11) is 1.97. The average molecular weight is 577 g/mol. The molecule has 2 aliphatic rings. The number of likely N-dealkylation sites (tertiary alicyclic amines) is 1. The van der Waals surface area contributed by atoms with E-state index >= 15 is 0 Å². The first-order chi connectivity index (χ1) is 20.1. The van der Waals surface area contributed by atoms with Crippen LogP contribution >= 0.6 is 0 Å². The smallest absolute Gasteiger partial charge is 0.416 e. The number of benzene rings is 3. The SMILES string of the molecule is CC#CC(CC(=O)O)c1ccc(OCc2ccc(CN3CCC4(CC3)CN(C)c3ccc(C(F)(F)F)cc34)cc2)cc1. The number of likely N-dealkylation sites (N-methyl/N-ethyl adjacent to an activating group) is 1. The molecule has 2 heterocycles. The van der Waals surface area contributed by atoms with E-state index in [-0.39, 0.29) is 17.8 Å². The molecular weight excluding hydrogens is 541 g/mol. The van der Waals surface area contributed by atoms with E-state index in [1.807, 2.05) is 31.3 Å². The van der Waals surface area contributed by atoms with Crippen molar-refractivity contribution in [2.45, 2.75) is 56.8 Å². The summed E-state index contributed by atoms with van der Waals surface area (Å²) in [4.78, 5) is 15.6. The van der Waals surface area contributed by atoms with Gasteiger partial charge in [-0.2, -0.15) is 13.2 Å². The lowest BCUT2D eigenvalue weighted by atomic mass is 9.74. The Hall–Kier alpha value is -3.96. The Balaban J connectivity index is 1.14. The van der Waals surface area contributed by atoms with E-state index in [1.165, 1.54) is 17.7 Å². The van der Waals surface area contributed by atoms with Crippen molar-refractivity contribution in [2.75, 3.05) is 31.6 Å². The van der Waals surface area contributed by atoms with Gasteiger partial charge >= 0.3 is 12.1 Å². The normalized spacial score (nSPS) is 16.9. The molecule has 1 unspecified atom stereocenters. The molecule has 0 radical (unpaired) electrons. The predicted octanol–water partition coefficient (Wildman–Crippen LogP) is 6.85. The molecule has 3 aromatic carbocycles. The van der Waals surface area contributed by atoms with Gasteiger partial charge in [0, 0.05) is 31.2 Å². The number of halogens is 3. The van der Waals surface area contributed by atoms with Gasteiger partial charge in [0.2, 0.25) is 0 Å². The Bertz CT molecular complexity index is 1470. The minimum atomic E-state index is -4.34. The van der Waals surface area contributed by atoms with Gasteiger partial charge in [-0.15, -0.1) is 5.92 Å². The number of alkyl halides is 3. The molecule has 0 aliphatic carbocycles. The molecule has 1 atom stereocenters. The van der Waals surface area contributed by atoms with Crippen LogP contribution in [0.15, 0.2) is 66.7 Å². The fourth-order valence-corrected chi connectivity index (χ4v) is 6.22. The summed E-state index contributed by atoms with van der Waals surface area (Å²) in [5.74, 6) is 5.22. The molecule has 1 fully saturated rings. The zero-order valence-corrected chi connectivity index (χ0v) is 23.9. The molecule has 0 bridgehead atoms. The van der Waals surface area contributed by atoms with Crippen LogP contribution in [-0.4, -0.2) is 42.7 Å². The highest BCUT2D eigenvalue weighted by atomic mass is 19.4. The van der Waals surface area contributed by atoms with Crippen molar-refractivity contribution in [3.63, 3.8) is 0 Å². The number of hydrogen-bond donors (Lipinski definition) is 1. The second kappa shape index (κ2) is 12.1. The molecule has 1 spiro atoms. The number of piperidine rings is 1. The van der Waals surface area contributed by atoms with Crippen molar-refractivity contribution in [1.29, 1.82) is 0 Å². The highest BCUT2D eigenvalue weighted by Gasteiger charge is 2.45. The number of carbonyl (C=O) groups is 1. The molecular formula is C34H35F3N2O3. The number of ether oxygens (including phenoxy) is 1. The first-order valence-corrected chi connectivity index (χ1v) is 14.2. The molecule has 0 amide bonds. The van der Waals surface area contributed by atoms with Crippen molar-refractivity contribution >= 4 is 11.7 Å². The predicted molar refractivity (Wildman–Crippen MR) is 157 cm³/mol. The molecule has 42 heavy (non-hydrogen) atoms. The Morgan fingerprint density at radius 1 is 1.02 bits per heavy atom. The molecule has 0 aromatic heterocycles. The highest BCUT2D eigenvalue weighted by molar-refractivity contribution is 5.69. The fraction of sp³-hybridized carbons (Fsp3) is 0.382. The summed E-state index contributed by atoms with van der Waals surface area (Å²) < 4.78 is 46.2. The van der Waals surface area contributed by atoms with E-state index < -0.39 is 17.7 Å². The minimum absolute atomic E-state index is 0.0419. The van der Waals surface area contributed by atoms with E-state index in [0.29, 0.717) is 12.4 Å². The monoisotopic (exact) mass is 576 g/mol. The van der Waals surface area contributed by atoms with Crippen LogP contribution in [0.5, 0.6) is 5.75 Å². The van der Waals surface area contributed by atoms with E-state index in [4.69, 9.17) is 9.84 Å². The van der Waals surface area contributed by atoms with Crippen LogP contribution in [0.1, 0.15) is 59.9 Å². The molecule has 2 aliphatic heterocycles. The Morgan fingerprint density at radius 2 is 1.69 bits per heavy atom. The van der Waals surface area contributed by atoms with Crippen molar-refractivity contribution in [1.82, 2.24) is 4.90 Å². The average Bonchev–Trinajstić information content (AvgIpc) is 3.23. The van der Waals surface area contributed by atoms with Crippen molar-refractivity contribution in [3.05, 3.63) is 94.5 Å². The van der Waals surface area contributed by atoms with Crippen LogP contribution in [0, 0.1) is 11.8 Å². The van der Waals surface area contributed by atoms with Crippen LogP contribution < -0.4 is 9.64 Å². The zero-order valence-electron chi connectivity index (χ0n) is 23.9. The van der Waals surface area contributed by atoms with Gasteiger partial charge in [-0.25, -0.2) is 0 Å². The molecule has 1 saturated heterocycles. The lowest BCUT2D eigenvalue weighted by molar-refractivity contribution is -0.138. The van der Waals surface area contributed by atoms with Crippen molar-refractivity contribution in [2.24, 2.45) is 0 Å². The van der Waals surface area contributed by atoms with Crippen LogP contribution in [0.2, 0.25) is 0 Å². The van der Waals surface area contributed by atoms with Gasteiger partial charge in [-0.05, 0) is 85.4 Å². The number of carboxylic acids is 1. The molecule has 8 heteroatoms. The van der Waals surface area contributed by atoms with Crippen molar-refractivity contribution in [3.8, 4) is 17.6 Å². The summed E-state index contributed by atoms with van der Waals surface area (Å²) in [6, 6.07) is 19.9. The maximum absolute atomic E-state index is 13.4. The first-order valence-electron chi connectivity index (χ1n) is 14.2. The largest absolute Gasteiger partial charge is 0.489 e. The first kappa shape index (κ1) is 29.5. The number of hydrogen-bond acceptors (Lipinski definition) is 4. The lowest BCUT2D eigenvalue weighted by Gasteiger charge is -2.40. The maximum Gasteiger partial charge on any atom is 0.416 e. The highest BCUT2D eigenvalue weighted by Crippen LogP contribution is 2.48. The molecule has 220 valence electrons. The molecule has 1 N–H and O–H groups in total. The van der Waals surface area contributed by atoms with Gasteiger partial charge in [-0.1, -0.05) is 42.3 Å². The van der Waals surface area contributed by atoms with Gasteiger partial charge in [0.05, 0.1) is 17.9 Å². The van der Waals surface area contributed by atoms with E-state index in [2.05, 4.69) is 45.9 Å². The summed E-state index contributed by atoms with van der Waals surface area (Å²) in [6.45, 7) is 5.33. The number of aliphatic carboxylic acids is 1. The molecule has 5 nitrogen and oxygen atoms in total. The zero-order chi connectivity index (χ0) is 29.9. The fourth-order valence-electron chi connectivity index (χ4n) is 6.22. The van der Waals surface area contributed by atoms with E-state index in [1.54, 1.807) is 13.0 Å². The summed E-state index contributed by atoms with van der Waals surface area (Å²) in [5.41, 5.74) is 4.03. The Kier molecular flexibility index (Phi) is 8.51. The quantitative estimate of drug-likeness (QED) is 0.297. The number of fused-ring (bicyclic) bond motifs is 2. The third kappa shape index (κ3) is 6.57. The maximum atomic E-state index is 13.4. The molecule has 3 aromatic rings. The second-order valence-electron chi connectivity index (χ2n) is 11.4. The third-order valence-electron chi connectivity index (χ3n) is 8.47. The van der Waals surface area contributed by atoms with Gasteiger partial charge in [0.15, 0.2) is 0 Å². The minimum Gasteiger partial charge on any atom is -0.489 e. The van der Waals surface area contributed by atoms with Gasteiger partial charge in [-0.3, -0.25) is 9.69 Å². The van der Waals surface area contributed by atoms with Gasteiger partial charge in [0.1, 0.15) is 12.4 Å². The van der Waals surface area contributed by atoms with Gasteiger partial charge < -0.3 is 14.7 Å². The van der Waals surface area contributed by atoms with Crippen LogP contribution in [0.3, 0.4) is 0 Å². The number of anilines is 1. The van der Waals surface area contributed by atoms with Crippen molar-refractivity contribution < 1.29 is 27.8 Å². The second-order valence-corrected chi connectivity index (χ2v) is 11.4. The van der Waals surface area contributed by atoms with E-state index in [0.717, 1.165) is 61.4 Å². The topological polar surface area (TPSA) is 53.0 Å². The third-order valence-corrected chi connectivity index (χ3v) is 8.47. The number of rotatable bonds is 8.